The van der Waals surface area contributed by atoms with Crippen LogP contribution in [0.2, 0.25) is 5.02 Å². The molecule has 1 saturated heterocycles. The van der Waals surface area contributed by atoms with Crippen molar-refractivity contribution in [3.05, 3.63) is 75.1 Å². The molecule has 6 rings (SSSR count). The zero-order chi connectivity index (χ0) is 24.3. The number of halogens is 2. The summed E-state index contributed by atoms with van der Waals surface area (Å²) in [5.41, 5.74) is 2.17. The number of rotatable bonds is 6. The van der Waals surface area contributed by atoms with Gasteiger partial charge in [-0.25, -0.2) is 9.37 Å². The maximum Gasteiger partial charge on any atom is 0.274 e. The molecule has 8 heteroatoms. The Hall–Kier alpha value is -2.77. The largest absolute Gasteiger partial charge is 0.350 e. The van der Waals surface area contributed by atoms with Crippen LogP contribution < -0.4 is 5.32 Å². The lowest BCUT2D eigenvalue weighted by Crippen LogP contribution is -2.45. The van der Waals surface area contributed by atoms with Crippen molar-refractivity contribution in [2.75, 3.05) is 13.1 Å². The number of thiazole rings is 1. The molecule has 1 aromatic heterocycles. The van der Waals surface area contributed by atoms with Crippen molar-refractivity contribution in [3.8, 4) is 10.4 Å². The van der Waals surface area contributed by atoms with Gasteiger partial charge in [0.2, 0.25) is 0 Å². The fraction of sp³-hybridized carbons (Fsp3) is 0.370. The second kappa shape index (κ2) is 8.71. The van der Waals surface area contributed by atoms with Gasteiger partial charge in [-0.1, -0.05) is 29.8 Å². The molecule has 35 heavy (non-hydrogen) atoms. The summed E-state index contributed by atoms with van der Waals surface area (Å²) in [5, 5.41) is 4.46. The molecule has 3 atom stereocenters. The normalized spacial score (nSPS) is 22.7. The fourth-order valence-corrected chi connectivity index (χ4v) is 6.46. The molecule has 3 aliphatic rings. The lowest BCUT2D eigenvalue weighted by molar-refractivity contribution is 0.0690. The quantitative estimate of drug-likeness (QED) is 0.465. The van der Waals surface area contributed by atoms with Crippen LogP contribution in [0.5, 0.6) is 0 Å². The molecule has 0 spiro atoms. The summed E-state index contributed by atoms with van der Waals surface area (Å²) < 4.78 is 14.4. The molecule has 3 fully saturated rings. The summed E-state index contributed by atoms with van der Waals surface area (Å²) in [7, 11) is 0. The third-order valence-electron chi connectivity index (χ3n) is 7.33. The van der Waals surface area contributed by atoms with E-state index in [1.165, 1.54) is 17.4 Å². The standard InChI is InChI=1S/C27H25ClFN3O2S/c1-14-5-6-16(11-21(14)29)24-23(31-26(35-24)15-7-8-15)27(34)32-13-18-10-20(18)22(32)12-30-25(33)17-3-2-4-19(28)9-17/h2-6,9,11,15,18,20,22H,7-8,10,12-13H2,1H3,(H,30,33)/t18-,20-,22+/m0/s1. The molecule has 2 aromatic carbocycles. The maximum atomic E-state index is 14.4. The lowest BCUT2D eigenvalue weighted by atomic mass is 10.1. The minimum atomic E-state index is -0.286. The molecular weight excluding hydrogens is 485 g/mol. The fourth-order valence-electron chi connectivity index (χ4n) is 5.05. The second-order valence-electron chi connectivity index (χ2n) is 9.87. The predicted molar refractivity (Wildman–Crippen MR) is 134 cm³/mol. The minimum Gasteiger partial charge on any atom is -0.350 e. The number of hydrogen-bond donors (Lipinski definition) is 1. The Morgan fingerprint density at radius 1 is 1.23 bits per heavy atom. The summed E-state index contributed by atoms with van der Waals surface area (Å²) in [6.45, 7) is 2.78. The zero-order valence-electron chi connectivity index (χ0n) is 19.3. The first-order valence-corrected chi connectivity index (χ1v) is 13.2. The van der Waals surface area contributed by atoms with Gasteiger partial charge in [0.15, 0.2) is 0 Å². The Balaban J connectivity index is 1.25. The van der Waals surface area contributed by atoms with E-state index in [0.29, 0.717) is 58.3 Å². The van der Waals surface area contributed by atoms with Crippen molar-refractivity contribution in [2.45, 2.75) is 38.1 Å². The van der Waals surface area contributed by atoms with Gasteiger partial charge in [-0.3, -0.25) is 9.59 Å². The second-order valence-corrected chi connectivity index (χ2v) is 11.3. The first-order valence-electron chi connectivity index (χ1n) is 12.0. The topological polar surface area (TPSA) is 62.3 Å². The van der Waals surface area contributed by atoms with Crippen molar-refractivity contribution < 1.29 is 14.0 Å². The van der Waals surface area contributed by atoms with Crippen LogP contribution in [0.15, 0.2) is 42.5 Å². The molecule has 1 N–H and O–H groups in total. The Kier molecular flexibility index (Phi) is 5.65. The third kappa shape index (κ3) is 4.36. The van der Waals surface area contributed by atoms with Crippen LogP contribution in [0.3, 0.4) is 0 Å². The average Bonchev–Trinajstić information content (AvgIpc) is 3.77. The first kappa shape index (κ1) is 22.7. The van der Waals surface area contributed by atoms with Gasteiger partial charge < -0.3 is 10.2 Å². The van der Waals surface area contributed by atoms with E-state index in [9.17, 15) is 14.0 Å². The Morgan fingerprint density at radius 2 is 2.06 bits per heavy atom. The molecule has 2 saturated carbocycles. The Morgan fingerprint density at radius 3 is 2.80 bits per heavy atom. The van der Waals surface area contributed by atoms with E-state index in [1.807, 2.05) is 11.0 Å². The van der Waals surface area contributed by atoms with Crippen LogP contribution in [0.25, 0.3) is 10.4 Å². The molecule has 3 aromatic rings. The van der Waals surface area contributed by atoms with Gasteiger partial charge >= 0.3 is 0 Å². The van der Waals surface area contributed by atoms with E-state index in [2.05, 4.69) is 5.32 Å². The molecule has 1 aliphatic heterocycles. The van der Waals surface area contributed by atoms with Crippen LogP contribution in [0.1, 0.15) is 56.6 Å². The molecule has 0 radical (unpaired) electrons. The van der Waals surface area contributed by atoms with E-state index < -0.39 is 0 Å². The number of nitrogens with one attached hydrogen (secondary N) is 1. The molecule has 0 unspecified atom stereocenters. The summed E-state index contributed by atoms with van der Waals surface area (Å²) in [5.74, 6) is 0.638. The number of aryl methyl sites for hydroxylation is 1. The van der Waals surface area contributed by atoms with Gasteiger partial charge in [-0.05, 0) is 73.4 Å². The van der Waals surface area contributed by atoms with Crippen molar-refractivity contribution in [3.63, 3.8) is 0 Å². The van der Waals surface area contributed by atoms with Gasteiger partial charge in [0.05, 0.1) is 15.9 Å². The lowest BCUT2D eigenvalue weighted by Gasteiger charge is -2.27. The molecule has 5 nitrogen and oxygen atoms in total. The number of hydrogen-bond acceptors (Lipinski definition) is 4. The molecule has 2 heterocycles. The smallest absolute Gasteiger partial charge is 0.274 e. The van der Waals surface area contributed by atoms with Crippen molar-refractivity contribution in [1.29, 1.82) is 0 Å². The number of carbonyl (C=O) groups is 2. The van der Waals surface area contributed by atoms with E-state index in [1.54, 1.807) is 37.3 Å². The van der Waals surface area contributed by atoms with Crippen molar-refractivity contribution in [1.82, 2.24) is 15.2 Å². The predicted octanol–water partition coefficient (Wildman–Crippen LogP) is 5.68. The van der Waals surface area contributed by atoms with Crippen molar-refractivity contribution in [2.24, 2.45) is 11.8 Å². The van der Waals surface area contributed by atoms with Crippen molar-refractivity contribution >= 4 is 34.8 Å². The number of amides is 2. The highest BCUT2D eigenvalue weighted by molar-refractivity contribution is 7.15. The van der Waals surface area contributed by atoms with Crippen LogP contribution >= 0.6 is 22.9 Å². The van der Waals surface area contributed by atoms with Gasteiger partial charge in [0.25, 0.3) is 11.8 Å². The highest BCUT2D eigenvalue weighted by Crippen LogP contribution is 2.51. The van der Waals surface area contributed by atoms with Crippen LogP contribution in [-0.2, 0) is 0 Å². The van der Waals surface area contributed by atoms with E-state index >= 15 is 0 Å². The number of piperidine rings is 1. The van der Waals surface area contributed by atoms with Crippen LogP contribution in [-0.4, -0.2) is 40.8 Å². The molecular formula is C27H25ClFN3O2S. The van der Waals surface area contributed by atoms with Crippen LogP contribution in [0, 0.1) is 24.6 Å². The van der Waals surface area contributed by atoms with Gasteiger partial charge in [0, 0.05) is 29.6 Å². The first-order chi connectivity index (χ1) is 16.9. The summed E-state index contributed by atoms with van der Waals surface area (Å²) >= 11 is 7.54. The molecule has 2 amide bonds. The number of benzene rings is 2. The number of carbonyl (C=O) groups excluding carboxylic acids is 2. The number of likely N-dealkylation sites (tertiary alicyclic amines) is 1. The number of fused-ring (bicyclic) bond motifs is 1. The highest BCUT2D eigenvalue weighted by Gasteiger charge is 2.54. The van der Waals surface area contributed by atoms with Gasteiger partial charge in [-0.15, -0.1) is 11.3 Å². The third-order valence-corrected chi connectivity index (χ3v) is 8.83. The Labute approximate surface area is 212 Å². The summed E-state index contributed by atoms with van der Waals surface area (Å²) in [6, 6.07) is 11.9. The SMILES string of the molecule is Cc1ccc(-c2sc(C3CC3)nc2C(=O)N2C[C@@H]3C[C@@H]3[C@H]2CNC(=O)c2cccc(Cl)c2)cc1F. The van der Waals surface area contributed by atoms with Gasteiger partial charge in [-0.2, -0.15) is 0 Å². The summed E-state index contributed by atoms with van der Waals surface area (Å²) in [6.07, 6.45) is 3.23. The number of aromatic nitrogens is 1. The monoisotopic (exact) mass is 509 g/mol. The molecule has 0 bridgehead atoms. The highest BCUT2D eigenvalue weighted by atomic mass is 35.5. The maximum absolute atomic E-state index is 14.4. The molecule has 180 valence electrons. The number of nitrogens with zero attached hydrogens (tertiary/aromatic N) is 2. The van der Waals surface area contributed by atoms with E-state index in [0.717, 1.165) is 29.1 Å². The van der Waals surface area contributed by atoms with E-state index in [4.69, 9.17) is 16.6 Å². The van der Waals surface area contributed by atoms with Gasteiger partial charge in [0.1, 0.15) is 11.5 Å². The Bertz CT molecular complexity index is 1340. The van der Waals surface area contributed by atoms with E-state index in [-0.39, 0.29) is 23.7 Å². The summed E-state index contributed by atoms with van der Waals surface area (Å²) in [4.78, 5) is 33.9. The average molecular weight is 510 g/mol. The minimum absolute atomic E-state index is 0.0793. The molecule has 2 aliphatic carbocycles. The van der Waals surface area contributed by atoms with Crippen LogP contribution in [0.4, 0.5) is 4.39 Å². The zero-order valence-corrected chi connectivity index (χ0v) is 20.8.